The molecule has 5 nitrogen and oxygen atoms in total. The molecule has 0 fully saturated rings. The van der Waals surface area contributed by atoms with Crippen LogP contribution in [0, 0.1) is 0 Å². The van der Waals surface area contributed by atoms with Crippen LogP contribution in [0.25, 0.3) is 21.7 Å². The molecule has 0 aliphatic rings. The fraction of sp³-hybridized carbons (Fsp3) is 0.130. The Balaban J connectivity index is 1.48. The Morgan fingerprint density at radius 2 is 1.71 bits per heavy atom. The van der Waals surface area contributed by atoms with Crippen LogP contribution in [0.15, 0.2) is 72.9 Å². The zero-order valence-electron chi connectivity index (χ0n) is 15.1. The number of carbonyl (C=O) groups is 2. The lowest BCUT2D eigenvalue weighted by Crippen LogP contribution is -2.29. The smallest absolute Gasteiger partial charge is 0.345 e. The highest BCUT2D eigenvalue weighted by atomic mass is 16.6. The van der Waals surface area contributed by atoms with Gasteiger partial charge in [0.05, 0.1) is 6.42 Å². The standard InChI is InChI=1S/C23H19NO4/c25-22(13-18-14-24-20-8-4-3-7-19(18)20)28-21(23(26)27)12-15-9-10-16-5-1-2-6-17(16)11-15/h1-11,14,21,24H,12-13H2,(H,26,27)/t21-/m1/s1. The van der Waals surface area contributed by atoms with Crippen LogP contribution in [0.5, 0.6) is 0 Å². The predicted molar refractivity (Wildman–Crippen MR) is 107 cm³/mol. The average molecular weight is 373 g/mol. The summed E-state index contributed by atoms with van der Waals surface area (Å²) >= 11 is 0. The highest BCUT2D eigenvalue weighted by Gasteiger charge is 2.23. The number of H-pyrrole nitrogens is 1. The van der Waals surface area contributed by atoms with Crippen molar-refractivity contribution in [3.8, 4) is 0 Å². The number of benzene rings is 3. The van der Waals surface area contributed by atoms with Gasteiger partial charge in [-0.05, 0) is 28.0 Å². The van der Waals surface area contributed by atoms with E-state index in [2.05, 4.69) is 4.98 Å². The number of carbonyl (C=O) groups excluding carboxylic acids is 1. The zero-order chi connectivity index (χ0) is 19.5. The van der Waals surface area contributed by atoms with E-state index in [4.69, 9.17) is 4.74 Å². The number of ether oxygens (including phenoxy) is 1. The van der Waals surface area contributed by atoms with E-state index in [1.54, 1.807) is 6.20 Å². The first-order valence-corrected chi connectivity index (χ1v) is 9.05. The number of carboxylic acid groups (broad SMARTS) is 1. The number of aromatic amines is 1. The van der Waals surface area contributed by atoms with Crippen molar-refractivity contribution in [2.24, 2.45) is 0 Å². The van der Waals surface area contributed by atoms with Gasteiger partial charge in [-0.2, -0.15) is 0 Å². The summed E-state index contributed by atoms with van der Waals surface area (Å²) in [6, 6.07) is 21.2. The summed E-state index contributed by atoms with van der Waals surface area (Å²) in [7, 11) is 0. The molecule has 1 heterocycles. The first-order chi connectivity index (χ1) is 13.6. The van der Waals surface area contributed by atoms with Crippen molar-refractivity contribution >= 4 is 33.6 Å². The van der Waals surface area contributed by atoms with E-state index in [-0.39, 0.29) is 12.8 Å². The van der Waals surface area contributed by atoms with Gasteiger partial charge in [-0.3, -0.25) is 4.79 Å². The molecule has 0 saturated heterocycles. The lowest BCUT2D eigenvalue weighted by atomic mass is 10.0. The molecule has 2 N–H and O–H groups in total. The lowest BCUT2D eigenvalue weighted by Gasteiger charge is -2.14. The SMILES string of the molecule is O=C(Cc1c[nH]c2ccccc12)O[C@H](Cc1ccc2ccccc2c1)C(=O)O. The van der Waals surface area contributed by atoms with Crippen molar-refractivity contribution in [3.63, 3.8) is 0 Å². The second kappa shape index (κ2) is 7.56. The number of hydrogen-bond donors (Lipinski definition) is 2. The summed E-state index contributed by atoms with van der Waals surface area (Å²) in [6.07, 6.45) is 0.676. The molecule has 0 unspecified atom stereocenters. The molecular weight excluding hydrogens is 354 g/mol. The third kappa shape index (κ3) is 3.74. The van der Waals surface area contributed by atoms with Crippen LogP contribution in [-0.2, 0) is 27.2 Å². The minimum Gasteiger partial charge on any atom is -0.478 e. The number of carboxylic acids is 1. The molecule has 0 radical (unpaired) electrons. The van der Waals surface area contributed by atoms with Crippen LogP contribution in [0.1, 0.15) is 11.1 Å². The van der Waals surface area contributed by atoms with Gasteiger partial charge in [0, 0.05) is 23.5 Å². The Bertz CT molecular complexity index is 1160. The van der Waals surface area contributed by atoms with Gasteiger partial charge in [0.1, 0.15) is 0 Å². The highest BCUT2D eigenvalue weighted by molar-refractivity contribution is 5.88. The monoisotopic (exact) mass is 373 g/mol. The molecule has 28 heavy (non-hydrogen) atoms. The molecule has 0 aliphatic carbocycles. The summed E-state index contributed by atoms with van der Waals surface area (Å²) in [4.78, 5) is 27.1. The maximum Gasteiger partial charge on any atom is 0.345 e. The molecule has 1 aromatic heterocycles. The maximum absolute atomic E-state index is 12.4. The Labute approximate surface area is 161 Å². The Morgan fingerprint density at radius 3 is 2.54 bits per heavy atom. The van der Waals surface area contributed by atoms with Gasteiger partial charge in [-0.15, -0.1) is 0 Å². The van der Waals surface area contributed by atoms with Gasteiger partial charge in [-0.25, -0.2) is 4.79 Å². The zero-order valence-corrected chi connectivity index (χ0v) is 15.1. The minimum atomic E-state index is -1.22. The van der Waals surface area contributed by atoms with E-state index in [9.17, 15) is 14.7 Å². The van der Waals surface area contributed by atoms with Gasteiger partial charge in [0.15, 0.2) is 0 Å². The topological polar surface area (TPSA) is 79.4 Å². The number of rotatable bonds is 6. The van der Waals surface area contributed by atoms with Crippen molar-refractivity contribution < 1.29 is 19.4 Å². The van der Waals surface area contributed by atoms with Gasteiger partial charge in [0.2, 0.25) is 6.10 Å². The number of aromatic nitrogens is 1. The minimum absolute atomic E-state index is 0.0194. The third-order valence-electron chi connectivity index (χ3n) is 4.79. The van der Waals surface area contributed by atoms with Crippen molar-refractivity contribution in [2.75, 3.05) is 0 Å². The average Bonchev–Trinajstić information content (AvgIpc) is 3.10. The number of aliphatic carboxylic acids is 1. The molecule has 4 aromatic rings. The van der Waals surface area contributed by atoms with E-state index in [0.29, 0.717) is 0 Å². The van der Waals surface area contributed by atoms with Crippen LogP contribution in [0.2, 0.25) is 0 Å². The van der Waals surface area contributed by atoms with Crippen molar-refractivity contribution in [2.45, 2.75) is 18.9 Å². The molecule has 140 valence electrons. The second-order valence-corrected chi connectivity index (χ2v) is 6.74. The number of fused-ring (bicyclic) bond motifs is 2. The van der Waals surface area contributed by atoms with Crippen LogP contribution in [0.4, 0.5) is 0 Å². The summed E-state index contributed by atoms with van der Waals surface area (Å²) < 4.78 is 5.30. The van der Waals surface area contributed by atoms with Gasteiger partial charge >= 0.3 is 11.9 Å². The Hall–Kier alpha value is -3.60. The van der Waals surface area contributed by atoms with Gasteiger partial charge < -0.3 is 14.8 Å². The quantitative estimate of drug-likeness (QED) is 0.499. The molecular formula is C23H19NO4. The summed E-state index contributed by atoms with van der Waals surface area (Å²) in [6.45, 7) is 0. The maximum atomic E-state index is 12.4. The lowest BCUT2D eigenvalue weighted by molar-refractivity contribution is -0.163. The van der Waals surface area contributed by atoms with Crippen LogP contribution in [0.3, 0.4) is 0 Å². The van der Waals surface area contributed by atoms with Crippen LogP contribution in [-0.4, -0.2) is 28.1 Å². The van der Waals surface area contributed by atoms with Crippen molar-refractivity contribution in [3.05, 3.63) is 84.1 Å². The van der Waals surface area contributed by atoms with Gasteiger partial charge in [-0.1, -0.05) is 60.7 Å². The predicted octanol–water partition coefficient (Wildman–Crippen LogP) is 4.10. The van der Waals surface area contributed by atoms with Crippen molar-refractivity contribution in [1.29, 1.82) is 0 Å². The number of esters is 1. The third-order valence-corrected chi connectivity index (χ3v) is 4.79. The molecule has 0 spiro atoms. The van der Waals surface area contributed by atoms with Crippen LogP contribution >= 0.6 is 0 Å². The van der Waals surface area contributed by atoms with Crippen LogP contribution < -0.4 is 0 Å². The molecule has 0 amide bonds. The second-order valence-electron chi connectivity index (χ2n) is 6.74. The molecule has 0 bridgehead atoms. The summed E-state index contributed by atoms with van der Waals surface area (Å²) in [5, 5.41) is 12.5. The largest absolute Gasteiger partial charge is 0.478 e. The molecule has 3 aromatic carbocycles. The van der Waals surface area contributed by atoms with E-state index in [1.165, 1.54) is 0 Å². The number of para-hydroxylation sites is 1. The normalized spacial score (nSPS) is 12.1. The highest BCUT2D eigenvalue weighted by Crippen LogP contribution is 2.20. The van der Waals surface area contributed by atoms with E-state index < -0.39 is 18.0 Å². The van der Waals surface area contributed by atoms with Gasteiger partial charge in [0.25, 0.3) is 0 Å². The number of hydrogen-bond acceptors (Lipinski definition) is 3. The fourth-order valence-corrected chi connectivity index (χ4v) is 3.39. The molecule has 1 atom stereocenters. The molecule has 4 rings (SSSR count). The Kier molecular flexibility index (Phi) is 4.81. The van der Waals surface area contributed by atoms with E-state index in [0.717, 1.165) is 32.8 Å². The van der Waals surface area contributed by atoms with E-state index >= 15 is 0 Å². The molecule has 0 aliphatic heterocycles. The molecule has 5 heteroatoms. The summed E-state index contributed by atoms with van der Waals surface area (Å²) in [5.41, 5.74) is 2.53. The Morgan fingerprint density at radius 1 is 0.964 bits per heavy atom. The first kappa shape index (κ1) is 17.8. The molecule has 0 saturated carbocycles. The number of nitrogens with one attached hydrogen (secondary N) is 1. The first-order valence-electron chi connectivity index (χ1n) is 9.05. The summed E-state index contributed by atoms with van der Waals surface area (Å²) in [5.74, 6) is -1.71. The van der Waals surface area contributed by atoms with E-state index in [1.807, 2.05) is 66.7 Å². The van der Waals surface area contributed by atoms with Crippen molar-refractivity contribution in [1.82, 2.24) is 4.98 Å². The fourth-order valence-electron chi connectivity index (χ4n) is 3.39.